The second kappa shape index (κ2) is 4.34. The first kappa shape index (κ1) is 12.4. The molecule has 2 aromatic rings. The number of nitrogens with two attached hydrogens (primary N) is 1. The molecule has 1 aliphatic carbocycles. The second-order valence-electron chi connectivity index (χ2n) is 5.90. The molecule has 2 N–H and O–H groups in total. The maximum atomic E-state index is 6.40. The highest BCUT2D eigenvalue weighted by atomic mass is 79.9. The van der Waals surface area contributed by atoms with Gasteiger partial charge in [-0.2, -0.15) is 0 Å². The summed E-state index contributed by atoms with van der Waals surface area (Å²) in [7, 11) is 0. The Morgan fingerprint density at radius 2 is 1.80 bits per heavy atom. The van der Waals surface area contributed by atoms with Gasteiger partial charge in [-0.15, -0.1) is 0 Å². The molecule has 0 aromatic heterocycles. The Morgan fingerprint density at radius 1 is 1.10 bits per heavy atom. The van der Waals surface area contributed by atoms with Gasteiger partial charge < -0.3 is 10.5 Å². The Balaban J connectivity index is 1.74. The van der Waals surface area contributed by atoms with Crippen molar-refractivity contribution < 1.29 is 4.74 Å². The van der Waals surface area contributed by atoms with Crippen molar-refractivity contribution in [1.29, 1.82) is 0 Å². The van der Waals surface area contributed by atoms with E-state index in [1.165, 1.54) is 11.1 Å². The molecular formula is C17H16BrNO. The fourth-order valence-electron chi connectivity index (χ4n) is 3.56. The van der Waals surface area contributed by atoms with E-state index in [1.54, 1.807) is 0 Å². The summed E-state index contributed by atoms with van der Waals surface area (Å²) in [5.41, 5.74) is 10.2. The minimum atomic E-state index is -0.156. The summed E-state index contributed by atoms with van der Waals surface area (Å²) < 4.78 is 7.44. The van der Waals surface area contributed by atoms with Gasteiger partial charge in [-0.1, -0.05) is 46.3 Å². The lowest BCUT2D eigenvalue weighted by atomic mass is 9.85. The van der Waals surface area contributed by atoms with Gasteiger partial charge in [0.1, 0.15) is 11.4 Å². The zero-order valence-corrected chi connectivity index (χ0v) is 12.7. The zero-order chi connectivity index (χ0) is 13.7. The zero-order valence-electron chi connectivity index (χ0n) is 11.1. The SMILES string of the molecule is N[C@@H]1CC2(Cc3ccccc3C2)Oc2cc(Br)ccc21. The van der Waals surface area contributed by atoms with Gasteiger partial charge in [-0.25, -0.2) is 0 Å². The first-order valence-corrected chi connectivity index (χ1v) is 7.75. The fraction of sp³-hybridized carbons (Fsp3) is 0.294. The summed E-state index contributed by atoms with van der Waals surface area (Å²) >= 11 is 3.51. The number of fused-ring (bicyclic) bond motifs is 2. The maximum absolute atomic E-state index is 6.40. The lowest BCUT2D eigenvalue weighted by Crippen LogP contribution is -2.43. The van der Waals surface area contributed by atoms with Crippen LogP contribution in [0.4, 0.5) is 0 Å². The van der Waals surface area contributed by atoms with E-state index in [-0.39, 0.29) is 11.6 Å². The maximum Gasteiger partial charge on any atom is 0.126 e. The second-order valence-corrected chi connectivity index (χ2v) is 6.82. The smallest absolute Gasteiger partial charge is 0.126 e. The number of halogens is 1. The molecule has 0 unspecified atom stereocenters. The van der Waals surface area contributed by atoms with E-state index in [1.807, 2.05) is 12.1 Å². The molecule has 20 heavy (non-hydrogen) atoms. The standard InChI is InChI=1S/C17H16BrNO/c18-13-5-6-14-15(19)10-17(20-16(14)7-13)8-11-3-1-2-4-12(11)9-17/h1-7,15H,8-10,19H2/t15-/m1/s1. The predicted octanol–water partition coefficient (Wildman–Crippen LogP) is 3.77. The summed E-state index contributed by atoms with van der Waals surface area (Å²) in [6.45, 7) is 0. The Hall–Kier alpha value is -1.32. The summed E-state index contributed by atoms with van der Waals surface area (Å²) in [6, 6.07) is 14.8. The van der Waals surface area contributed by atoms with Crippen molar-refractivity contribution in [2.24, 2.45) is 5.73 Å². The number of rotatable bonds is 0. The van der Waals surface area contributed by atoms with Crippen molar-refractivity contribution in [1.82, 2.24) is 0 Å². The van der Waals surface area contributed by atoms with Crippen molar-refractivity contribution >= 4 is 15.9 Å². The average molecular weight is 330 g/mol. The molecule has 1 spiro atoms. The summed E-state index contributed by atoms with van der Waals surface area (Å²) in [5, 5.41) is 0. The summed E-state index contributed by atoms with van der Waals surface area (Å²) in [5.74, 6) is 0.936. The minimum absolute atomic E-state index is 0.0566. The molecule has 2 aromatic carbocycles. The third-order valence-corrected chi connectivity index (χ3v) is 4.93. The molecule has 0 fully saturated rings. The summed E-state index contributed by atoms with van der Waals surface area (Å²) in [4.78, 5) is 0. The van der Waals surface area contributed by atoms with Crippen LogP contribution >= 0.6 is 15.9 Å². The van der Waals surface area contributed by atoms with Crippen LogP contribution in [0.3, 0.4) is 0 Å². The lowest BCUT2D eigenvalue weighted by molar-refractivity contribution is 0.0459. The number of benzene rings is 2. The molecule has 1 heterocycles. The molecule has 1 aliphatic heterocycles. The van der Waals surface area contributed by atoms with E-state index in [0.29, 0.717) is 0 Å². The van der Waals surface area contributed by atoms with Gasteiger partial charge in [0, 0.05) is 35.3 Å². The van der Waals surface area contributed by atoms with Crippen LogP contribution in [0.1, 0.15) is 29.2 Å². The third kappa shape index (κ3) is 1.88. The van der Waals surface area contributed by atoms with Crippen LogP contribution in [0.25, 0.3) is 0 Å². The van der Waals surface area contributed by atoms with Crippen LogP contribution in [0.5, 0.6) is 5.75 Å². The largest absolute Gasteiger partial charge is 0.486 e. The van der Waals surface area contributed by atoms with Crippen LogP contribution in [-0.4, -0.2) is 5.60 Å². The molecule has 0 saturated carbocycles. The molecule has 4 rings (SSSR count). The molecule has 2 aliphatic rings. The Kier molecular flexibility index (Phi) is 2.69. The van der Waals surface area contributed by atoms with Crippen LogP contribution in [0.2, 0.25) is 0 Å². The van der Waals surface area contributed by atoms with Crippen LogP contribution in [-0.2, 0) is 12.8 Å². The van der Waals surface area contributed by atoms with Gasteiger partial charge in [-0.3, -0.25) is 0 Å². The fourth-order valence-corrected chi connectivity index (χ4v) is 3.90. The van der Waals surface area contributed by atoms with Gasteiger partial charge in [0.15, 0.2) is 0 Å². The van der Waals surface area contributed by atoms with Crippen molar-refractivity contribution in [3.63, 3.8) is 0 Å². The van der Waals surface area contributed by atoms with Crippen LogP contribution in [0, 0.1) is 0 Å². The molecule has 1 atom stereocenters. The first-order chi connectivity index (χ1) is 9.65. The molecule has 0 radical (unpaired) electrons. The van der Waals surface area contributed by atoms with Gasteiger partial charge >= 0.3 is 0 Å². The van der Waals surface area contributed by atoms with Gasteiger partial charge in [0.05, 0.1) is 0 Å². The lowest BCUT2D eigenvalue weighted by Gasteiger charge is -2.38. The van der Waals surface area contributed by atoms with Crippen molar-refractivity contribution in [3.8, 4) is 5.75 Å². The number of hydrogen-bond acceptors (Lipinski definition) is 2. The molecule has 0 amide bonds. The average Bonchev–Trinajstić information content (AvgIpc) is 2.74. The highest BCUT2D eigenvalue weighted by Gasteiger charge is 2.44. The minimum Gasteiger partial charge on any atom is -0.486 e. The predicted molar refractivity (Wildman–Crippen MR) is 82.9 cm³/mol. The van der Waals surface area contributed by atoms with Crippen molar-refractivity contribution in [2.75, 3.05) is 0 Å². The van der Waals surface area contributed by atoms with E-state index >= 15 is 0 Å². The number of hydrogen-bond donors (Lipinski definition) is 1. The van der Waals surface area contributed by atoms with Crippen molar-refractivity contribution in [3.05, 3.63) is 63.6 Å². The molecule has 102 valence electrons. The molecule has 0 bridgehead atoms. The van der Waals surface area contributed by atoms with E-state index < -0.39 is 0 Å². The Morgan fingerprint density at radius 3 is 2.50 bits per heavy atom. The van der Waals surface area contributed by atoms with Crippen LogP contribution in [0.15, 0.2) is 46.9 Å². The highest BCUT2D eigenvalue weighted by molar-refractivity contribution is 9.10. The molecule has 3 heteroatoms. The molecule has 0 saturated heterocycles. The van der Waals surface area contributed by atoms with E-state index in [0.717, 1.165) is 35.0 Å². The van der Waals surface area contributed by atoms with Crippen LogP contribution < -0.4 is 10.5 Å². The van der Waals surface area contributed by atoms with E-state index in [4.69, 9.17) is 10.5 Å². The van der Waals surface area contributed by atoms with Gasteiger partial charge in [0.25, 0.3) is 0 Å². The van der Waals surface area contributed by atoms with Crippen molar-refractivity contribution in [2.45, 2.75) is 30.9 Å². The van der Waals surface area contributed by atoms with Gasteiger partial charge in [0.2, 0.25) is 0 Å². The Labute approximate surface area is 127 Å². The first-order valence-electron chi connectivity index (χ1n) is 6.96. The summed E-state index contributed by atoms with van der Waals surface area (Å²) in [6.07, 6.45) is 2.81. The van der Waals surface area contributed by atoms with Gasteiger partial charge in [-0.05, 0) is 23.3 Å². The quantitative estimate of drug-likeness (QED) is 0.798. The molecule has 2 nitrogen and oxygen atoms in total. The van der Waals surface area contributed by atoms with E-state index in [2.05, 4.69) is 46.3 Å². The Bertz CT molecular complexity index is 657. The third-order valence-electron chi connectivity index (χ3n) is 4.44. The number of ether oxygens (including phenoxy) is 1. The topological polar surface area (TPSA) is 35.2 Å². The molecular weight excluding hydrogens is 314 g/mol. The normalized spacial score (nSPS) is 22.2. The van der Waals surface area contributed by atoms with E-state index in [9.17, 15) is 0 Å². The highest BCUT2D eigenvalue weighted by Crippen LogP contribution is 2.45. The monoisotopic (exact) mass is 329 g/mol.